The van der Waals surface area contributed by atoms with Crippen molar-refractivity contribution in [2.24, 2.45) is 0 Å². The summed E-state index contributed by atoms with van der Waals surface area (Å²) >= 11 is 9.61. The van der Waals surface area contributed by atoms with E-state index in [1.165, 1.54) is 5.56 Å². The Morgan fingerprint density at radius 2 is 1.82 bits per heavy atom. The van der Waals surface area contributed by atoms with E-state index in [1.807, 2.05) is 30.3 Å². The second-order valence-corrected chi connectivity index (χ2v) is 6.75. The van der Waals surface area contributed by atoms with E-state index in [9.17, 15) is 0 Å². The second kappa shape index (κ2) is 7.32. The molecule has 2 nitrogen and oxygen atoms in total. The van der Waals surface area contributed by atoms with Crippen molar-refractivity contribution in [1.82, 2.24) is 5.48 Å². The van der Waals surface area contributed by atoms with E-state index >= 15 is 0 Å². The molecule has 3 rings (SSSR count). The van der Waals surface area contributed by atoms with Gasteiger partial charge in [-0.2, -0.15) is 0 Å². The highest BCUT2D eigenvalue weighted by molar-refractivity contribution is 9.11. The van der Waals surface area contributed by atoms with Gasteiger partial charge in [0.25, 0.3) is 0 Å². The smallest absolute Gasteiger partial charge is 0.0903 e. The van der Waals surface area contributed by atoms with E-state index in [2.05, 4.69) is 45.7 Å². The standard InChI is InChI=1S/C18H17BrClNO/c19-17-12-16(11-6-13-4-2-1-3-5-13)22-21-18(17)14-7-9-15(20)10-8-14/h1-5,7-10,16,21H,6,11-12H2. The van der Waals surface area contributed by atoms with Gasteiger partial charge in [-0.1, -0.05) is 70.0 Å². The average Bonchev–Trinajstić information content (AvgIpc) is 2.55. The quantitative estimate of drug-likeness (QED) is 0.776. The maximum Gasteiger partial charge on any atom is 0.0903 e. The molecule has 22 heavy (non-hydrogen) atoms. The number of halogens is 2. The van der Waals surface area contributed by atoms with Gasteiger partial charge in [0.2, 0.25) is 0 Å². The first-order chi connectivity index (χ1) is 10.7. The number of hydrogen-bond acceptors (Lipinski definition) is 2. The lowest BCUT2D eigenvalue weighted by atomic mass is 10.0. The van der Waals surface area contributed by atoms with Crippen LogP contribution in [0.15, 0.2) is 59.1 Å². The number of hydrogen-bond donors (Lipinski definition) is 1. The van der Waals surface area contributed by atoms with E-state index in [-0.39, 0.29) is 6.10 Å². The Morgan fingerprint density at radius 3 is 2.50 bits per heavy atom. The fourth-order valence-electron chi connectivity index (χ4n) is 2.51. The lowest BCUT2D eigenvalue weighted by Crippen LogP contribution is -2.29. The Kier molecular flexibility index (Phi) is 5.19. The second-order valence-electron chi connectivity index (χ2n) is 5.36. The van der Waals surface area contributed by atoms with Crippen molar-refractivity contribution in [3.05, 3.63) is 75.2 Å². The van der Waals surface area contributed by atoms with Crippen molar-refractivity contribution in [3.8, 4) is 0 Å². The van der Waals surface area contributed by atoms with Crippen LogP contribution in [0.1, 0.15) is 24.0 Å². The summed E-state index contributed by atoms with van der Waals surface area (Å²) in [4.78, 5) is 5.80. The van der Waals surface area contributed by atoms with Crippen LogP contribution in [0.4, 0.5) is 0 Å². The Morgan fingerprint density at radius 1 is 1.09 bits per heavy atom. The molecule has 2 aromatic rings. The summed E-state index contributed by atoms with van der Waals surface area (Å²) in [6.07, 6.45) is 3.05. The highest BCUT2D eigenvalue weighted by atomic mass is 79.9. The van der Waals surface area contributed by atoms with Gasteiger partial charge in [-0.3, -0.25) is 10.3 Å². The Labute approximate surface area is 144 Å². The van der Waals surface area contributed by atoms with Crippen LogP contribution in [0.25, 0.3) is 5.70 Å². The lowest BCUT2D eigenvalue weighted by Gasteiger charge is -2.26. The summed E-state index contributed by atoms with van der Waals surface area (Å²) in [6.45, 7) is 0. The van der Waals surface area contributed by atoms with Crippen molar-refractivity contribution in [1.29, 1.82) is 0 Å². The summed E-state index contributed by atoms with van der Waals surface area (Å²) in [5.74, 6) is 0. The Bertz CT molecular complexity index is 655. The van der Waals surface area contributed by atoms with E-state index in [0.717, 1.165) is 40.0 Å². The molecule has 1 heterocycles. The molecule has 4 heteroatoms. The fraction of sp³-hybridized carbons (Fsp3) is 0.222. The van der Waals surface area contributed by atoms with Crippen LogP contribution < -0.4 is 5.48 Å². The molecule has 0 aromatic heterocycles. The molecule has 1 atom stereocenters. The maximum absolute atomic E-state index is 5.93. The highest BCUT2D eigenvalue weighted by Gasteiger charge is 2.21. The molecule has 1 unspecified atom stereocenters. The van der Waals surface area contributed by atoms with Crippen molar-refractivity contribution in [3.63, 3.8) is 0 Å². The minimum absolute atomic E-state index is 0.172. The number of rotatable bonds is 4. The van der Waals surface area contributed by atoms with Gasteiger partial charge in [0, 0.05) is 21.5 Å². The molecule has 2 aromatic carbocycles. The average molecular weight is 379 g/mol. The minimum Gasteiger partial charge on any atom is -0.272 e. The van der Waals surface area contributed by atoms with Crippen LogP contribution in [0.3, 0.4) is 0 Å². The summed E-state index contributed by atoms with van der Waals surface area (Å²) in [7, 11) is 0. The van der Waals surface area contributed by atoms with E-state index in [1.54, 1.807) is 0 Å². The summed E-state index contributed by atoms with van der Waals surface area (Å²) in [5, 5.41) is 0.734. The predicted octanol–water partition coefficient (Wildman–Crippen LogP) is 5.33. The van der Waals surface area contributed by atoms with Gasteiger partial charge in [-0.15, -0.1) is 0 Å². The van der Waals surface area contributed by atoms with Crippen LogP contribution >= 0.6 is 27.5 Å². The number of aryl methyl sites for hydroxylation is 1. The van der Waals surface area contributed by atoms with Gasteiger partial charge < -0.3 is 0 Å². The molecular weight excluding hydrogens is 362 g/mol. The summed E-state index contributed by atoms with van der Waals surface area (Å²) in [5.41, 5.74) is 6.47. The molecular formula is C18H17BrClNO. The van der Waals surface area contributed by atoms with Crippen LogP contribution in [0, 0.1) is 0 Å². The Balaban J connectivity index is 1.63. The van der Waals surface area contributed by atoms with Crippen molar-refractivity contribution in [2.75, 3.05) is 0 Å². The normalized spacial score (nSPS) is 18.2. The summed E-state index contributed by atoms with van der Waals surface area (Å²) in [6, 6.07) is 18.2. The zero-order valence-electron chi connectivity index (χ0n) is 12.1. The third-order valence-electron chi connectivity index (χ3n) is 3.74. The molecule has 0 bridgehead atoms. The molecule has 0 spiro atoms. The minimum atomic E-state index is 0.172. The molecule has 0 aliphatic carbocycles. The monoisotopic (exact) mass is 377 g/mol. The molecule has 0 fully saturated rings. The van der Waals surface area contributed by atoms with Gasteiger partial charge in [0.15, 0.2) is 0 Å². The van der Waals surface area contributed by atoms with E-state index in [4.69, 9.17) is 16.4 Å². The Hall–Kier alpha value is -1.29. The van der Waals surface area contributed by atoms with Crippen molar-refractivity contribution < 1.29 is 4.84 Å². The zero-order valence-corrected chi connectivity index (χ0v) is 14.4. The summed E-state index contributed by atoms with van der Waals surface area (Å²) < 4.78 is 1.14. The molecule has 1 aliphatic rings. The first-order valence-corrected chi connectivity index (χ1v) is 8.49. The van der Waals surface area contributed by atoms with E-state index < -0.39 is 0 Å². The van der Waals surface area contributed by atoms with Crippen molar-refractivity contribution in [2.45, 2.75) is 25.4 Å². The first kappa shape index (κ1) is 15.6. The lowest BCUT2D eigenvalue weighted by molar-refractivity contribution is -0.00632. The van der Waals surface area contributed by atoms with Crippen LogP contribution in [-0.4, -0.2) is 6.10 Å². The SMILES string of the molecule is Clc1ccc(C2=C(Br)CC(CCc3ccccc3)ON2)cc1. The van der Waals surface area contributed by atoms with Crippen LogP contribution in [0.5, 0.6) is 0 Å². The predicted molar refractivity (Wildman–Crippen MR) is 94.7 cm³/mol. The number of hydroxylamine groups is 1. The molecule has 1 N–H and O–H groups in total. The number of nitrogens with one attached hydrogen (secondary N) is 1. The number of benzene rings is 2. The van der Waals surface area contributed by atoms with Gasteiger partial charge in [0.05, 0.1) is 11.8 Å². The maximum atomic E-state index is 5.93. The van der Waals surface area contributed by atoms with Crippen LogP contribution in [0.2, 0.25) is 5.02 Å². The molecule has 1 aliphatic heterocycles. The van der Waals surface area contributed by atoms with Gasteiger partial charge in [0.1, 0.15) is 0 Å². The highest BCUT2D eigenvalue weighted by Crippen LogP contribution is 2.31. The largest absolute Gasteiger partial charge is 0.272 e. The third-order valence-corrected chi connectivity index (χ3v) is 4.71. The molecule has 0 radical (unpaired) electrons. The third kappa shape index (κ3) is 3.92. The molecule has 0 saturated heterocycles. The molecule has 0 amide bonds. The molecule has 0 saturated carbocycles. The zero-order chi connectivity index (χ0) is 15.4. The molecule has 114 valence electrons. The first-order valence-electron chi connectivity index (χ1n) is 7.32. The van der Waals surface area contributed by atoms with Gasteiger partial charge in [-0.25, -0.2) is 0 Å². The van der Waals surface area contributed by atoms with Crippen LogP contribution in [-0.2, 0) is 11.3 Å². The van der Waals surface area contributed by atoms with Gasteiger partial charge in [-0.05, 0) is 30.5 Å². The van der Waals surface area contributed by atoms with Crippen molar-refractivity contribution >= 4 is 33.2 Å². The van der Waals surface area contributed by atoms with Gasteiger partial charge >= 0.3 is 0 Å². The topological polar surface area (TPSA) is 21.3 Å². The fourth-order valence-corrected chi connectivity index (χ4v) is 3.30. The van der Waals surface area contributed by atoms with E-state index in [0.29, 0.717) is 0 Å².